The molecule has 1 aromatic heterocycles. The van der Waals surface area contributed by atoms with E-state index in [4.69, 9.17) is 4.42 Å². The molecule has 156 valence electrons. The minimum Gasteiger partial charge on any atom is -0.450 e. The molecule has 0 N–H and O–H groups in total. The van der Waals surface area contributed by atoms with Gasteiger partial charge in [-0.05, 0) is 43.2 Å². The standard InChI is InChI=1S/C25H21FN2O3/c1-27(2)12-13-28-21(16-7-5-8-17(26)14-16)20-22(29)19-11-10-15-6-3-4-9-18(15)23(19)31-24(20)25(28)30/h3-11,14,21H,12-13H2,1-2H3. The average molecular weight is 416 g/mol. The van der Waals surface area contributed by atoms with Crippen molar-refractivity contribution >= 4 is 27.6 Å². The number of nitrogens with zero attached hydrogens (tertiary/aromatic N) is 2. The number of rotatable bonds is 4. The Labute approximate surface area is 178 Å². The van der Waals surface area contributed by atoms with E-state index in [9.17, 15) is 14.0 Å². The van der Waals surface area contributed by atoms with Crippen LogP contribution in [0.1, 0.15) is 27.7 Å². The largest absolute Gasteiger partial charge is 0.450 e. The Hall–Kier alpha value is -3.51. The Bertz CT molecular complexity index is 1390. The van der Waals surface area contributed by atoms with Crippen molar-refractivity contribution < 1.29 is 13.6 Å². The highest BCUT2D eigenvalue weighted by atomic mass is 19.1. The summed E-state index contributed by atoms with van der Waals surface area (Å²) in [5, 5.41) is 2.12. The van der Waals surface area contributed by atoms with Crippen LogP contribution in [0.15, 0.2) is 69.9 Å². The maximum Gasteiger partial charge on any atom is 0.290 e. The second-order valence-electron chi connectivity index (χ2n) is 8.10. The van der Waals surface area contributed by atoms with Gasteiger partial charge in [0.05, 0.1) is 17.0 Å². The van der Waals surface area contributed by atoms with Crippen LogP contribution in [0.5, 0.6) is 0 Å². The van der Waals surface area contributed by atoms with E-state index in [0.717, 1.165) is 10.8 Å². The Morgan fingerprint density at radius 2 is 1.81 bits per heavy atom. The lowest BCUT2D eigenvalue weighted by Gasteiger charge is -2.26. The second kappa shape index (κ2) is 7.32. The van der Waals surface area contributed by atoms with Gasteiger partial charge in [-0.2, -0.15) is 0 Å². The molecule has 0 aliphatic carbocycles. The molecule has 3 aromatic carbocycles. The van der Waals surface area contributed by atoms with E-state index in [-0.39, 0.29) is 22.7 Å². The maximum absolute atomic E-state index is 14.0. The smallest absolute Gasteiger partial charge is 0.290 e. The molecule has 5 nitrogen and oxygen atoms in total. The number of hydrogen-bond acceptors (Lipinski definition) is 4. The number of hydrogen-bond donors (Lipinski definition) is 0. The molecule has 1 aliphatic heterocycles. The zero-order valence-corrected chi connectivity index (χ0v) is 17.3. The summed E-state index contributed by atoms with van der Waals surface area (Å²) in [5.41, 5.74) is 0.982. The van der Waals surface area contributed by atoms with E-state index in [1.54, 1.807) is 23.1 Å². The summed E-state index contributed by atoms with van der Waals surface area (Å²) in [6.45, 7) is 0.982. The topological polar surface area (TPSA) is 53.8 Å². The fourth-order valence-corrected chi connectivity index (χ4v) is 4.31. The van der Waals surface area contributed by atoms with Crippen LogP contribution >= 0.6 is 0 Å². The number of amides is 1. The molecular formula is C25H21FN2O3. The first kappa shape index (κ1) is 19.5. The van der Waals surface area contributed by atoms with Gasteiger partial charge in [-0.25, -0.2) is 4.39 Å². The van der Waals surface area contributed by atoms with Crippen LogP contribution < -0.4 is 5.43 Å². The van der Waals surface area contributed by atoms with Crippen molar-refractivity contribution in [3.8, 4) is 0 Å². The fraction of sp³-hybridized carbons (Fsp3) is 0.200. The van der Waals surface area contributed by atoms with E-state index in [0.29, 0.717) is 29.6 Å². The highest BCUT2D eigenvalue weighted by molar-refractivity contribution is 6.06. The van der Waals surface area contributed by atoms with E-state index >= 15 is 0 Å². The summed E-state index contributed by atoms with van der Waals surface area (Å²) < 4.78 is 20.2. The number of carbonyl (C=O) groups is 1. The molecule has 4 aromatic rings. The zero-order chi connectivity index (χ0) is 21.7. The summed E-state index contributed by atoms with van der Waals surface area (Å²) >= 11 is 0. The van der Waals surface area contributed by atoms with Gasteiger partial charge in [0.15, 0.2) is 5.43 Å². The molecule has 1 amide bonds. The molecule has 1 unspecified atom stereocenters. The minimum atomic E-state index is -0.690. The van der Waals surface area contributed by atoms with Gasteiger partial charge in [0.1, 0.15) is 11.4 Å². The van der Waals surface area contributed by atoms with Gasteiger partial charge in [-0.1, -0.05) is 42.5 Å². The third kappa shape index (κ3) is 3.11. The Morgan fingerprint density at radius 3 is 2.58 bits per heavy atom. The van der Waals surface area contributed by atoms with Gasteiger partial charge in [0, 0.05) is 18.5 Å². The van der Waals surface area contributed by atoms with Gasteiger partial charge in [0.25, 0.3) is 5.91 Å². The second-order valence-corrected chi connectivity index (χ2v) is 8.10. The third-order valence-electron chi connectivity index (χ3n) is 5.81. The van der Waals surface area contributed by atoms with Gasteiger partial charge in [0.2, 0.25) is 5.76 Å². The van der Waals surface area contributed by atoms with Crippen molar-refractivity contribution in [2.75, 3.05) is 27.2 Å². The number of fused-ring (bicyclic) bond motifs is 4. The van der Waals surface area contributed by atoms with Crippen molar-refractivity contribution in [3.63, 3.8) is 0 Å². The lowest BCUT2D eigenvalue weighted by atomic mass is 9.97. The molecule has 0 bridgehead atoms. The van der Waals surface area contributed by atoms with Crippen molar-refractivity contribution in [2.45, 2.75) is 6.04 Å². The molecule has 0 spiro atoms. The summed E-state index contributed by atoms with van der Waals surface area (Å²) in [5.74, 6) is -0.720. The summed E-state index contributed by atoms with van der Waals surface area (Å²) in [6.07, 6.45) is 0. The molecule has 0 saturated carbocycles. The van der Waals surface area contributed by atoms with E-state index in [1.165, 1.54) is 12.1 Å². The summed E-state index contributed by atoms with van der Waals surface area (Å²) in [6, 6.07) is 16.6. The lowest BCUT2D eigenvalue weighted by Crippen LogP contribution is -2.35. The summed E-state index contributed by atoms with van der Waals surface area (Å²) in [4.78, 5) is 30.6. The first-order valence-electron chi connectivity index (χ1n) is 10.2. The zero-order valence-electron chi connectivity index (χ0n) is 17.3. The normalized spacial score (nSPS) is 15.9. The van der Waals surface area contributed by atoms with Crippen LogP contribution in [0.25, 0.3) is 21.7 Å². The maximum atomic E-state index is 14.0. The Kier molecular flexibility index (Phi) is 4.59. The first-order chi connectivity index (χ1) is 15.0. The summed E-state index contributed by atoms with van der Waals surface area (Å²) in [7, 11) is 3.82. The van der Waals surface area contributed by atoms with E-state index < -0.39 is 11.9 Å². The van der Waals surface area contributed by atoms with Gasteiger partial charge in [-0.3, -0.25) is 9.59 Å². The average Bonchev–Trinajstić information content (AvgIpc) is 3.04. The number of likely N-dealkylation sites (N-methyl/N-ethyl adjacent to an activating group) is 1. The van der Waals surface area contributed by atoms with Crippen molar-refractivity contribution in [2.24, 2.45) is 0 Å². The number of halogens is 1. The van der Waals surface area contributed by atoms with Gasteiger partial charge >= 0.3 is 0 Å². The molecule has 31 heavy (non-hydrogen) atoms. The van der Waals surface area contributed by atoms with Crippen LogP contribution in [0.4, 0.5) is 4.39 Å². The van der Waals surface area contributed by atoms with Crippen LogP contribution in [0, 0.1) is 5.82 Å². The molecule has 1 aliphatic rings. The van der Waals surface area contributed by atoms with Crippen LogP contribution in [-0.4, -0.2) is 42.9 Å². The molecular weight excluding hydrogens is 395 g/mol. The van der Waals surface area contributed by atoms with E-state index in [1.807, 2.05) is 49.3 Å². The molecule has 6 heteroatoms. The lowest BCUT2D eigenvalue weighted by molar-refractivity contribution is 0.0716. The minimum absolute atomic E-state index is 0.0434. The van der Waals surface area contributed by atoms with Gasteiger partial charge in [-0.15, -0.1) is 0 Å². The molecule has 0 radical (unpaired) electrons. The van der Waals surface area contributed by atoms with E-state index in [2.05, 4.69) is 0 Å². The van der Waals surface area contributed by atoms with Crippen molar-refractivity contribution in [1.82, 2.24) is 9.80 Å². The van der Waals surface area contributed by atoms with Gasteiger partial charge < -0.3 is 14.2 Å². The van der Waals surface area contributed by atoms with Crippen LogP contribution in [-0.2, 0) is 0 Å². The first-order valence-corrected chi connectivity index (χ1v) is 10.2. The van der Waals surface area contributed by atoms with Crippen molar-refractivity contribution in [3.05, 3.63) is 93.6 Å². The number of carbonyl (C=O) groups excluding carboxylic acids is 1. The molecule has 5 rings (SSSR count). The molecule has 2 heterocycles. The highest BCUT2D eigenvalue weighted by Gasteiger charge is 2.42. The van der Waals surface area contributed by atoms with Crippen LogP contribution in [0.3, 0.4) is 0 Å². The SMILES string of the molecule is CN(C)CCN1C(=O)c2oc3c(ccc4ccccc43)c(=O)c2C1c1cccc(F)c1. The third-order valence-corrected chi connectivity index (χ3v) is 5.81. The fourth-order valence-electron chi connectivity index (χ4n) is 4.31. The molecule has 0 saturated heterocycles. The highest BCUT2D eigenvalue weighted by Crippen LogP contribution is 2.39. The monoisotopic (exact) mass is 416 g/mol. The molecule has 1 atom stereocenters. The van der Waals surface area contributed by atoms with Crippen molar-refractivity contribution in [1.29, 1.82) is 0 Å². The van der Waals surface area contributed by atoms with Crippen LogP contribution in [0.2, 0.25) is 0 Å². The predicted octanol–water partition coefficient (Wildman–Crippen LogP) is 4.19. The molecule has 0 fully saturated rings. The quantitative estimate of drug-likeness (QED) is 0.468. The number of benzene rings is 3. The Balaban J connectivity index is 1.79. The Morgan fingerprint density at radius 1 is 1.00 bits per heavy atom. The predicted molar refractivity (Wildman–Crippen MR) is 118 cm³/mol.